The van der Waals surface area contributed by atoms with Crippen LogP contribution in [0.25, 0.3) is 0 Å². The van der Waals surface area contributed by atoms with E-state index in [1.807, 2.05) is 20.8 Å². The number of hydrogen-bond acceptors (Lipinski definition) is 2. The van der Waals surface area contributed by atoms with Crippen molar-refractivity contribution in [3.05, 3.63) is 22.4 Å². The summed E-state index contributed by atoms with van der Waals surface area (Å²) in [6.45, 7) is 10.2. The van der Waals surface area contributed by atoms with Gasteiger partial charge in [-0.2, -0.15) is 0 Å². The molecule has 0 radical (unpaired) electrons. The van der Waals surface area contributed by atoms with Crippen molar-refractivity contribution in [1.29, 1.82) is 0 Å². The Kier molecular flexibility index (Phi) is 2.29. The van der Waals surface area contributed by atoms with Crippen molar-refractivity contribution in [2.75, 3.05) is 0 Å². The van der Waals surface area contributed by atoms with Crippen LogP contribution in [0.15, 0.2) is 22.4 Å². The molecule has 1 rings (SSSR count). The molecule has 1 aliphatic rings. The zero-order valence-electron chi connectivity index (χ0n) is 8.47. The van der Waals surface area contributed by atoms with Gasteiger partial charge in [0.05, 0.1) is 6.04 Å². The summed E-state index contributed by atoms with van der Waals surface area (Å²) in [7, 11) is 0. The van der Waals surface area contributed by atoms with Crippen molar-refractivity contribution in [1.82, 2.24) is 5.06 Å². The zero-order chi connectivity index (χ0) is 9.46. The fourth-order valence-corrected chi connectivity index (χ4v) is 1.53. The normalized spacial score (nSPS) is 25.5. The Balaban J connectivity index is 3.18. The van der Waals surface area contributed by atoms with Gasteiger partial charge in [-0.15, -0.1) is 0 Å². The van der Waals surface area contributed by atoms with E-state index in [9.17, 15) is 5.21 Å². The molecule has 0 fully saturated rings. The van der Waals surface area contributed by atoms with E-state index in [1.165, 1.54) is 21.8 Å². The van der Waals surface area contributed by atoms with Crippen LogP contribution in [0.1, 0.15) is 34.6 Å². The number of allylic oxidation sites excluding steroid dienone is 3. The molecule has 1 N–H and O–H groups in total. The quantitative estimate of drug-likeness (QED) is 0.599. The minimum absolute atomic E-state index is 0.119. The average Bonchev–Trinajstić information content (AvgIpc) is 2.08. The predicted molar refractivity (Wildman–Crippen MR) is 49.8 cm³/mol. The molecule has 0 bridgehead atoms. The van der Waals surface area contributed by atoms with E-state index < -0.39 is 0 Å². The minimum atomic E-state index is 0.119. The summed E-state index contributed by atoms with van der Waals surface area (Å²) in [6, 6.07) is 0.119. The third kappa shape index (κ3) is 1.16. The number of nitrogens with zero attached hydrogens (tertiary/aromatic N) is 1. The smallest absolute Gasteiger partial charge is 0.0743 e. The van der Waals surface area contributed by atoms with E-state index in [1.54, 1.807) is 0 Å². The maximum atomic E-state index is 9.65. The van der Waals surface area contributed by atoms with Crippen LogP contribution in [0.2, 0.25) is 0 Å². The number of rotatable bonds is 0. The second kappa shape index (κ2) is 2.94. The van der Waals surface area contributed by atoms with Gasteiger partial charge in [0.15, 0.2) is 0 Å². The highest BCUT2D eigenvalue weighted by atomic mass is 16.5. The third-order valence-electron chi connectivity index (χ3n) is 3.03. The van der Waals surface area contributed by atoms with Crippen LogP contribution < -0.4 is 0 Å². The van der Waals surface area contributed by atoms with Gasteiger partial charge in [-0.05, 0) is 51.3 Å². The second-order valence-corrected chi connectivity index (χ2v) is 3.54. The van der Waals surface area contributed by atoms with E-state index in [0.717, 1.165) is 5.70 Å². The zero-order valence-corrected chi connectivity index (χ0v) is 8.47. The van der Waals surface area contributed by atoms with Gasteiger partial charge in [0, 0.05) is 5.70 Å². The lowest BCUT2D eigenvalue weighted by Gasteiger charge is -2.33. The topological polar surface area (TPSA) is 23.5 Å². The van der Waals surface area contributed by atoms with Gasteiger partial charge in [0.2, 0.25) is 0 Å². The summed E-state index contributed by atoms with van der Waals surface area (Å²) in [4.78, 5) is 0. The molecule has 2 nitrogen and oxygen atoms in total. The third-order valence-corrected chi connectivity index (χ3v) is 3.03. The fraction of sp³-hybridized carbons (Fsp3) is 0.600. The first-order valence-corrected chi connectivity index (χ1v) is 4.30. The van der Waals surface area contributed by atoms with E-state index in [-0.39, 0.29) is 6.04 Å². The molecule has 0 aromatic rings. The highest BCUT2D eigenvalue weighted by molar-refractivity contribution is 5.39. The first-order chi connectivity index (χ1) is 5.46. The number of hydrogen-bond donors (Lipinski definition) is 1. The molecule has 2 heteroatoms. The van der Waals surface area contributed by atoms with Crippen LogP contribution in [-0.4, -0.2) is 16.3 Å². The minimum Gasteiger partial charge on any atom is -0.288 e. The highest BCUT2D eigenvalue weighted by Crippen LogP contribution is 2.29. The standard InChI is InChI=1S/C10H17NO/c1-6-7(2)9(4)11(12)10(5)8(6)3/h9,12H,1-5H3. The molecule has 0 spiro atoms. The van der Waals surface area contributed by atoms with E-state index >= 15 is 0 Å². The maximum absolute atomic E-state index is 9.65. The van der Waals surface area contributed by atoms with Crippen LogP contribution in [0.3, 0.4) is 0 Å². The molecule has 1 aliphatic heterocycles. The summed E-state index contributed by atoms with van der Waals surface area (Å²) in [6.07, 6.45) is 0. The molecular weight excluding hydrogens is 150 g/mol. The Bertz CT molecular complexity index is 235. The van der Waals surface area contributed by atoms with Gasteiger partial charge < -0.3 is 0 Å². The van der Waals surface area contributed by atoms with Crippen molar-refractivity contribution in [3.63, 3.8) is 0 Å². The first kappa shape index (κ1) is 9.33. The molecule has 1 unspecified atom stereocenters. The largest absolute Gasteiger partial charge is 0.288 e. The molecular formula is C10H17NO. The Morgan fingerprint density at radius 1 is 1.08 bits per heavy atom. The van der Waals surface area contributed by atoms with Crippen LogP contribution in [0.4, 0.5) is 0 Å². The Morgan fingerprint density at radius 3 is 2.08 bits per heavy atom. The lowest BCUT2D eigenvalue weighted by atomic mass is 9.93. The molecule has 0 amide bonds. The van der Waals surface area contributed by atoms with Crippen molar-refractivity contribution in [2.45, 2.75) is 40.7 Å². The summed E-state index contributed by atoms with van der Waals surface area (Å²) in [5.41, 5.74) is 4.71. The molecule has 1 atom stereocenters. The summed E-state index contributed by atoms with van der Waals surface area (Å²) < 4.78 is 0. The van der Waals surface area contributed by atoms with Gasteiger partial charge in [-0.1, -0.05) is 0 Å². The maximum Gasteiger partial charge on any atom is 0.0743 e. The van der Waals surface area contributed by atoms with Crippen LogP contribution in [-0.2, 0) is 0 Å². The summed E-state index contributed by atoms with van der Waals surface area (Å²) in [5, 5.41) is 11.0. The Morgan fingerprint density at radius 2 is 1.58 bits per heavy atom. The predicted octanol–water partition coefficient (Wildman–Crippen LogP) is 2.71. The molecule has 0 aliphatic carbocycles. The van der Waals surface area contributed by atoms with E-state index in [0.29, 0.717) is 0 Å². The Labute approximate surface area is 74.1 Å². The average molecular weight is 167 g/mol. The highest BCUT2D eigenvalue weighted by Gasteiger charge is 2.22. The molecule has 0 saturated heterocycles. The van der Waals surface area contributed by atoms with Crippen molar-refractivity contribution in [2.24, 2.45) is 0 Å². The van der Waals surface area contributed by atoms with Crippen LogP contribution >= 0.6 is 0 Å². The first-order valence-electron chi connectivity index (χ1n) is 4.30. The summed E-state index contributed by atoms with van der Waals surface area (Å²) in [5.74, 6) is 0. The fourth-order valence-electron chi connectivity index (χ4n) is 1.53. The van der Waals surface area contributed by atoms with Gasteiger partial charge >= 0.3 is 0 Å². The molecule has 12 heavy (non-hydrogen) atoms. The van der Waals surface area contributed by atoms with Crippen LogP contribution in [0, 0.1) is 0 Å². The Hall–Kier alpha value is -0.760. The van der Waals surface area contributed by atoms with Gasteiger partial charge in [0.25, 0.3) is 0 Å². The monoisotopic (exact) mass is 167 g/mol. The SMILES string of the molecule is CC1=C(C)C(C)N(O)C(C)=C1C. The van der Waals surface area contributed by atoms with Crippen molar-refractivity contribution in [3.8, 4) is 0 Å². The number of hydroxylamine groups is 2. The van der Waals surface area contributed by atoms with Crippen molar-refractivity contribution >= 4 is 0 Å². The van der Waals surface area contributed by atoms with Gasteiger partial charge in [-0.25, -0.2) is 0 Å². The van der Waals surface area contributed by atoms with E-state index in [2.05, 4.69) is 13.8 Å². The molecule has 68 valence electrons. The lowest BCUT2D eigenvalue weighted by molar-refractivity contribution is -0.0794. The van der Waals surface area contributed by atoms with Crippen LogP contribution in [0.5, 0.6) is 0 Å². The molecule has 0 aromatic carbocycles. The van der Waals surface area contributed by atoms with Crippen molar-refractivity contribution < 1.29 is 5.21 Å². The molecule has 1 heterocycles. The second-order valence-electron chi connectivity index (χ2n) is 3.54. The molecule has 0 aromatic heterocycles. The van der Waals surface area contributed by atoms with E-state index in [4.69, 9.17) is 0 Å². The van der Waals surface area contributed by atoms with Gasteiger partial charge in [-0.3, -0.25) is 10.3 Å². The lowest BCUT2D eigenvalue weighted by Crippen LogP contribution is -2.33. The molecule has 0 saturated carbocycles. The van der Waals surface area contributed by atoms with Gasteiger partial charge in [0.1, 0.15) is 0 Å². The summed E-state index contributed by atoms with van der Waals surface area (Å²) >= 11 is 0.